The molecule has 0 aromatic heterocycles. The third-order valence-corrected chi connectivity index (χ3v) is 10.5. The Balaban J connectivity index is 1.63. The summed E-state index contributed by atoms with van der Waals surface area (Å²) in [6.45, 7) is 9.25. The summed E-state index contributed by atoms with van der Waals surface area (Å²) >= 11 is 0. The van der Waals surface area contributed by atoms with Gasteiger partial charge in [0.15, 0.2) is 5.79 Å². The molecule has 0 aromatic carbocycles. The van der Waals surface area contributed by atoms with Crippen LogP contribution in [0.4, 0.5) is 0 Å². The van der Waals surface area contributed by atoms with Gasteiger partial charge in [-0.25, -0.2) is 0 Å². The molecule has 2 saturated heterocycles. The summed E-state index contributed by atoms with van der Waals surface area (Å²) in [5, 5.41) is 42.1. The van der Waals surface area contributed by atoms with Crippen LogP contribution in [0.1, 0.15) is 86.0 Å². The van der Waals surface area contributed by atoms with Gasteiger partial charge in [-0.1, -0.05) is 13.8 Å². The molecule has 10 atom stereocenters. The van der Waals surface area contributed by atoms with Gasteiger partial charge in [0.05, 0.1) is 29.1 Å². The number of fused-ring (bicyclic) bond motifs is 1. The number of aliphatic hydroxyl groups excluding tert-OH is 2. The Kier molecular flexibility index (Phi) is 6.64. The van der Waals surface area contributed by atoms with E-state index in [2.05, 4.69) is 13.8 Å². The van der Waals surface area contributed by atoms with Gasteiger partial charge in [-0.2, -0.15) is 0 Å². The number of carbonyl (C=O) groups is 2. The number of ketones is 2. The molecule has 4 aliphatic rings. The summed E-state index contributed by atoms with van der Waals surface area (Å²) in [7, 11) is 0. The lowest BCUT2D eigenvalue weighted by atomic mass is 9.61. The number of hydrogen-bond donors (Lipinski definition) is 4. The molecule has 2 aliphatic heterocycles. The van der Waals surface area contributed by atoms with Crippen LogP contribution in [0.25, 0.3) is 0 Å². The zero-order valence-corrected chi connectivity index (χ0v) is 21.4. The Bertz CT molecular complexity index is 820. The van der Waals surface area contributed by atoms with Crippen molar-refractivity contribution in [1.29, 1.82) is 0 Å². The molecule has 7 heteroatoms. The first-order chi connectivity index (χ1) is 15.7. The van der Waals surface area contributed by atoms with E-state index >= 15 is 0 Å². The van der Waals surface area contributed by atoms with Crippen molar-refractivity contribution in [3.8, 4) is 0 Å². The van der Waals surface area contributed by atoms with E-state index in [0.717, 1.165) is 19.3 Å². The fraction of sp³-hybridized carbons (Fsp3) is 0.926. The van der Waals surface area contributed by atoms with Crippen LogP contribution in [-0.2, 0) is 14.3 Å². The van der Waals surface area contributed by atoms with Crippen LogP contribution in [0, 0.1) is 40.4 Å². The van der Waals surface area contributed by atoms with Crippen molar-refractivity contribution in [3.05, 3.63) is 0 Å². The van der Waals surface area contributed by atoms with Crippen molar-refractivity contribution >= 4 is 11.6 Å². The Hall–Kier alpha value is -0.860. The molecule has 2 aliphatic carbocycles. The topological polar surface area (TPSA) is 124 Å². The average Bonchev–Trinajstić information content (AvgIpc) is 3.16. The number of aliphatic hydroxyl groups is 4. The molecule has 7 nitrogen and oxygen atoms in total. The fourth-order valence-corrected chi connectivity index (χ4v) is 8.28. The number of rotatable bonds is 8. The number of hydrogen-bond acceptors (Lipinski definition) is 7. The monoisotopic (exact) mass is 480 g/mol. The number of ether oxygens (including phenoxy) is 1. The van der Waals surface area contributed by atoms with Crippen LogP contribution in [0.3, 0.4) is 0 Å². The minimum absolute atomic E-state index is 0.0118. The first kappa shape index (κ1) is 26.2. The predicted molar refractivity (Wildman–Crippen MR) is 126 cm³/mol. The molecule has 4 rings (SSSR count). The highest BCUT2D eigenvalue weighted by molar-refractivity contribution is 5.99. The van der Waals surface area contributed by atoms with E-state index in [9.17, 15) is 30.0 Å². The SMILES string of the molecule is C[C@H](CC[C@@H](O)C(C)(C)O)[C@H]1CC[C@@H]([C@@H]2C(=O)[C@@]3(C)CC[C@H]4CC(=O)[C@@H]2C3(O)O4)[C@]1(C)CCO. The second-order valence-corrected chi connectivity index (χ2v) is 12.8. The van der Waals surface area contributed by atoms with Crippen LogP contribution in [-0.4, -0.2) is 62.2 Å². The first-order valence-electron chi connectivity index (χ1n) is 13.2. The average molecular weight is 481 g/mol. The lowest BCUT2D eigenvalue weighted by Gasteiger charge is -2.50. The molecule has 34 heavy (non-hydrogen) atoms. The van der Waals surface area contributed by atoms with Crippen LogP contribution < -0.4 is 0 Å². The zero-order chi connectivity index (χ0) is 25.3. The Morgan fingerprint density at radius 3 is 2.44 bits per heavy atom. The van der Waals surface area contributed by atoms with E-state index in [1.54, 1.807) is 20.8 Å². The summed E-state index contributed by atoms with van der Waals surface area (Å²) in [5.41, 5.74) is -2.62. The lowest BCUT2D eigenvalue weighted by Crippen LogP contribution is -2.61. The first-order valence-corrected chi connectivity index (χ1v) is 13.2. The van der Waals surface area contributed by atoms with Crippen LogP contribution in [0.15, 0.2) is 0 Å². The van der Waals surface area contributed by atoms with E-state index in [-0.39, 0.29) is 53.9 Å². The van der Waals surface area contributed by atoms with E-state index in [4.69, 9.17) is 4.74 Å². The van der Waals surface area contributed by atoms with Crippen molar-refractivity contribution in [2.75, 3.05) is 6.61 Å². The summed E-state index contributed by atoms with van der Waals surface area (Å²) < 4.78 is 6.04. The minimum atomic E-state index is -1.73. The molecule has 0 aromatic rings. The molecule has 2 heterocycles. The molecular formula is C27H44O7. The van der Waals surface area contributed by atoms with Gasteiger partial charge in [-0.05, 0) is 88.9 Å². The Morgan fingerprint density at radius 1 is 1.15 bits per heavy atom. The molecule has 4 N–H and O–H groups in total. The molecular weight excluding hydrogens is 436 g/mol. The molecule has 0 radical (unpaired) electrons. The zero-order valence-electron chi connectivity index (χ0n) is 21.4. The third kappa shape index (κ3) is 3.73. The van der Waals surface area contributed by atoms with Crippen LogP contribution >= 0.6 is 0 Å². The van der Waals surface area contributed by atoms with Gasteiger partial charge in [0.2, 0.25) is 0 Å². The summed E-state index contributed by atoms with van der Waals surface area (Å²) in [6, 6.07) is 0. The van der Waals surface area contributed by atoms with Crippen LogP contribution in [0.2, 0.25) is 0 Å². The Labute approximate surface area is 203 Å². The van der Waals surface area contributed by atoms with Crippen molar-refractivity contribution in [3.63, 3.8) is 0 Å². The molecule has 1 unspecified atom stereocenters. The standard InChI is InChI=1S/C27H44O7/c1-15(6-9-20(30)24(2,3)32)17-7-8-18(25(17,4)12-13-28)21-22-19(29)14-16-10-11-26(5,23(21)31)27(22,33)34-16/h15-18,20-22,28,30,32-33H,6-14H2,1-5H3/t15-,16+,17-,18+,20-,21+,22+,25-,26-,27?/m1/s1. The molecule has 4 fully saturated rings. The summed E-state index contributed by atoms with van der Waals surface area (Å²) in [5.74, 6) is -2.99. The summed E-state index contributed by atoms with van der Waals surface area (Å²) in [6.07, 6.45) is 3.59. The van der Waals surface area contributed by atoms with Gasteiger partial charge in [0.25, 0.3) is 0 Å². The second kappa shape index (κ2) is 8.62. The molecule has 2 saturated carbocycles. The maximum atomic E-state index is 14.0. The largest absolute Gasteiger partial charge is 0.396 e. The molecule has 2 bridgehead atoms. The highest BCUT2D eigenvalue weighted by Crippen LogP contribution is 2.66. The normalized spacial score (nSPS) is 46.1. The highest BCUT2D eigenvalue weighted by Gasteiger charge is 2.75. The number of Topliss-reactive ketones (excluding diaryl/α,β-unsaturated/α-hetero) is 2. The Morgan fingerprint density at radius 2 is 1.82 bits per heavy atom. The second-order valence-electron chi connectivity index (χ2n) is 12.8. The van der Waals surface area contributed by atoms with E-state index in [1.807, 2.05) is 0 Å². The smallest absolute Gasteiger partial charge is 0.188 e. The van der Waals surface area contributed by atoms with E-state index < -0.39 is 34.7 Å². The van der Waals surface area contributed by atoms with Gasteiger partial charge in [-0.15, -0.1) is 0 Å². The van der Waals surface area contributed by atoms with Gasteiger partial charge in [0, 0.05) is 18.9 Å². The van der Waals surface area contributed by atoms with Crippen LogP contribution in [0.5, 0.6) is 0 Å². The summed E-state index contributed by atoms with van der Waals surface area (Å²) in [4.78, 5) is 27.3. The van der Waals surface area contributed by atoms with Crippen molar-refractivity contribution in [2.24, 2.45) is 40.4 Å². The maximum Gasteiger partial charge on any atom is 0.188 e. The van der Waals surface area contributed by atoms with Gasteiger partial charge in [0.1, 0.15) is 11.6 Å². The van der Waals surface area contributed by atoms with Crippen molar-refractivity contribution < 1.29 is 34.8 Å². The quantitative estimate of drug-likeness (QED) is 0.421. The molecule has 194 valence electrons. The third-order valence-electron chi connectivity index (χ3n) is 10.5. The van der Waals surface area contributed by atoms with Crippen molar-refractivity contribution in [2.45, 2.75) is 110 Å². The van der Waals surface area contributed by atoms with E-state index in [0.29, 0.717) is 25.7 Å². The van der Waals surface area contributed by atoms with Gasteiger partial charge >= 0.3 is 0 Å². The molecule has 0 spiro atoms. The lowest BCUT2D eigenvalue weighted by molar-refractivity contribution is -0.324. The predicted octanol–water partition coefficient (Wildman–Crippen LogP) is 2.61. The highest BCUT2D eigenvalue weighted by atomic mass is 16.6. The van der Waals surface area contributed by atoms with Gasteiger partial charge in [-0.3, -0.25) is 9.59 Å². The fourth-order valence-electron chi connectivity index (χ4n) is 8.28. The van der Waals surface area contributed by atoms with E-state index in [1.165, 1.54) is 0 Å². The van der Waals surface area contributed by atoms with Crippen molar-refractivity contribution in [1.82, 2.24) is 0 Å². The van der Waals surface area contributed by atoms with Gasteiger partial charge < -0.3 is 25.2 Å². The maximum absolute atomic E-state index is 14.0. The number of carbonyl (C=O) groups excluding carboxylic acids is 2. The molecule has 0 amide bonds. The minimum Gasteiger partial charge on any atom is -0.396 e.